The van der Waals surface area contributed by atoms with E-state index in [1.165, 1.54) is 33.0 Å². The summed E-state index contributed by atoms with van der Waals surface area (Å²) in [5.41, 5.74) is 7.57. The van der Waals surface area contributed by atoms with E-state index in [0.717, 1.165) is 11.1 Å². The molecule has 0 amide bonds. The van der Waals surface area contributed by atoms with Crippen LogP contribution in [-0.4, -0.2) is 0 Å². The smallest absolute Gasteiger partial charge is 0.0426 e. The molecule has 0 aromatic heterocycles. The first-order chi connectivity index (χ1) is 12.9. The minimum Gasteiger partial charge on any atom is -0.0843 e. The van der Waals surface area contributed by atoms with Gasteiger partial charge in [0.1, 0.15) is 0 Å². The van der Waals surface area contributed by atoms with E-state index in [2.05, 4.69) is 68.4 Å². The summed E-state index contributed by atoms with van der Waals surface area (Å²) in [6.45, 7) is 4.62. The molecule has 0 nitrogen and oxygen atoms in total. The van der Waals surface area contributed by atoms with Crippen LogP contribution in [0.1, 0.15) is 25.0 Å². The number of halogens is 2. The molecule has 4 aromatic carbocycles. The van der Waals surface area contributed by atoms with Crippen molar-refractivity contribution in [3.63, 3.8) is 0 Å². The highest BCUT2D eigenvalue weighted by molar-refractivity contribution is 6.35. The standard InChI is InChI=1S/C25H18Cl2/c1-25(2)22-9-8-16(17-11-18(26)14-19(27)12-17)13-21(22)24-20-6-4-3-5-15(20)7-10-23(24)25/h3-14H,1-2H3. The van der Waals surface area contributed by atoms with Crippen molar-refractivity contribution >= 4 is 34.0 Å². The summed E-state index contributed by atoms with van der Waals surface area (Å²) in [7, 11) is 0. The topological polar surface area (TPSA) is 0 Å². The maximum absolute atomic E-state index is 6.24. The van der Waals surface area contributed by atoms with E-state index < -0.39 is 0 Å². The average molecular weight is 389 g/mol. The van der Waals surface area contributed by atoms with Crippen LogP contribution >= 0.6 is 23.2 Å². The summed E-state index contributed by atoms with van der Waals surface area (Å²) < 4.78 is 0. The van der Waals surface area contributed by atoms with Crippen LogP contribution in [0.3, 0.4) is 0 Å². The summed E-state index contributed by atoms with van der Waals surface area (Å²) in [6.07, 6.45) is 0. The largest absolute Gasteiger partial charge is 0.0843 e. The Kier molecular flexibility index (Phi) is 3.66. The molecule has 0 N–H and O–H groups in total. The third-order valence-electron chi connectivity index (χ3n) is 5.76. The van der Waals surface area contributed by atoms with Gasteiger partial charge in [-0.1, -0.05) is 85.6 Å². The Morgan fingerprint density at radius 3 is 2.15 bits per heavy atom. The second-order valence-corrected chi connectivity index (χ2v) is 8.63. The first-order valence-corrected chi connectivity index (χ1v) is 9.84. The van der Waals surface area contributed by atoms with Crippen molar-refractivity contribution in [3.8, 4) is 22.3 Å². The zero-order valence-corrected chi connectivity index (χ0v) is 16.7. The number of hydrogen-bond donors (Lipinski definition) is 0. The van der Waals surface area contributed by atoms with Gasteiger partial charge in [-0.25, -0.2) is 0 Å². The SMILES string of the molecule is CC1(C)c2ccc(-c3cc(Cl)cc(Cl)c3)cc2-c2c1ccc1ccccc21. The zero-order chi connectivity index (χ0) is 18.8. The molecule has 0 unspecified atom stereocenters. The third kappa shape index (κ3) is 2.51. The Bertz CT molecular complexity index is 1200. The molecule has 0 atom stereocenters. The van der Waals surface area contributed by atoms with Gasteiger partial charge in [-0.2, -0.15) is 0 Å². The van der Waals surface area contributed by atoms with Gasteiger partial charge >= 0.3 is 0 Å². The molecule has 0 saturated heterocycles. The maximum Gasteiger partial charge on any atom is 0.0426 e. The normalized spacial score (nSPS) is 14.2. The molecule has 0 spiro atoms. The van der Waals surface area contributed by atoms with Gasteiger partial charge in [0.05, 0.1) is 0 Å². The van der Waals surface area contributed by atoms with Crippen LogP contribution < -0.4 is 0 Å². The van der Waals surface area contributed by atoms with Crippen LogP contribution in [0, 0.1) is 0 Å². The lowest BCUT2D eigenvalue weighted by Crippen LogP contribution is -2.14. The molecule has 0 saturated carbocycles. The van der Waals surface area contributed by atoms with Crippen LogP contribution in [0.25, 0.3) is 33.0 Å². The Morgan fingerprint density at radius 2 is 1.37 bits per heavy atom. The highest BCUT2D eigenvalue weighted by Crippen LogP contribution is 2.52. The van der Waals surface area contributed by atoms with Gasteiger partial charge in [-0.3, -0.25) is 0 Å². The van der Waals surface area contributed by atoms with Crippen LogP contribution in [0.5, 0.6) is 0 Å². The fraction of sp³-hybridized carbons (Fsp3) is 0.120. The highest BCUT2D eigenvalue weighted by atomic mass is 35.5. The van der Waals surface area contributed by atoms with E-state index in [4.69, 9.17) is 23.2 Å². The highest BCUT2D eigenvalue weighted by Gasteiger charge is 2.36. The van der Waals surface area contributed by atoms with Crippen LogP contribution in [0.4, 0.5) is 0 Å². The van der Waals surface area contributed by atoms with Crippen LogP contribution in [-0.2, 0) is 5.41 Å². The molecule has 0 heterocycles. The number of benzene rings is 4. The van der Waals surface area contributed by atoms with Gasteiger partial charge in [0.2, 0.25) is 0 Å². The zero-order valence-electron chi connectivity index (χ0n) is 15.2. The quantitative estimate of drug-likeness (QED) is 0.308. The van der Waals surface area contributed by atoms with Gasteiger partial charge in [0.25, 0.3) is 0 Å². The van der Waals surface area contributed by atoms with E-state index in [0.29, 0.717) is 10.0 Å². The summed E-state index contributed by atoms with van der Waals surface area (Å²) in [4.78, 5) is 0. The Morgan fingerprint density at radius 1 is 0.667 bits per heavy atom. The van der Waals surface area contributed by atoms with Crippen molar-refractivity contribution in [1.82, 2.24) is 0 Å². The molecule has 0 aliphatic heterocycles. The molecule has 27 heavy (non-hydrogen) atoms. The number of fused-ring (bicyclic) bond motifs is 5. The molecule has 0 fully saturated rings. The third-order valence-corrected chi connectivity index (χ3v) is 6.20. The first-order valence-electron chi connectivity index (χ1n) is 9.09. The fourth-order valence-electron chi connectivity index (χ4n) is 4.42. The number of rotatable bonds is 1. The van der Waals surface area contributed by atoms with E-state index in [1.54, 1.807) is 6.07 Å². The second-order valence-electron chi connectivity index (χ2n) is 7.75. The minimum absolute atomic E-state index is 0.0147. The van der Waals surface area contributed by atoms with Gasteiger partial charge < -0.3 is 0 Å². The molecular formula is C25H18Cl2. The van der Waals surface area contributed by atoms with Crippen LogP contribution in [0.15, 0.2) is 72.8 Å². The predicted octanol–water partition coefficient (Wildman–Crippen LogP) is 8.12. The summed E-state index contributed by atoms with van der Waals surface area (Å²) >= 11 is 12.5. The Hall–Kier alpha value is -2.28. The lowest BCUT2D eigenvalue weighted by molar-refractivity contribution is 0.661. The summed E-state index contributed by atoms with van der Waals surface area (Å²) in [5, 5.41) is 3.90. The molecule has 1 aliphatic carbocycles. The molecule has 132 valence electrons. The van der Waals surface area contributed by atoms with Crippen LogP contribution in [0.2, 0.25) is 10.0 Å². The van der Waals surface area contributed by atoms with Crippen molar-refractivity contribution in [2.24, 2.45) is 0 Å². The van der Waals surface area contributed by atoms with Gasteiger partial charge in [0.15, 0.2) is 0 Å². The van der Waals surface area contributed by atoms with Gasteiger partial charge in [-0.15, -0.1) is 0 Å². The molecule has 0 radical (unpaired) electrons. The summed E-state index contributed by atoms with van der Waals surface area (Å²) in [5.74, 6) is 0. The van der Waals surface area contributed by atoms with E-state index >= 15 is 0 Å². The molecule has 1 aliphatic rings. The summed E-state index contributed by atoms with van der Waals surface area (Å²) in [6, 6.07) is 25.6. The second kappa shape index (κ2) is 5.86. The lowest BCUT2D eigenvalue weighted by Gasteiger charge is -2.21. The van der Waals surface area contributed by atoms with Crippen molar-refractivity contribution in [2.75, 3.05) is 0 Å². The molecule has 4 aromatic rings. The van der Waals surface area contributed by atoms with Gasteiger partial charge in [-0.05, 0) is 68.4 Å². The Balaban J connectivity index is 1.82. The van der Waals surface area contributed by atoms with E-state index in [1.807, 2.05) is 12.1 Å². The lowest BCUT2D eigenvalue weighted by atomic mass is 9.82. The molecule has 2 heteroatoms. The number of hydrogen-bond acceptors (Lipinski definition) is 0. The van der Waals surface area contributed by atoms with Crippen molar-refractivity contribution < 1.29 is 0 Å². The minimum atomic E-state index is -0.0147. The van der Waals surface area contributed by atoms with Crippen molar-refractivity contribution in [2.45, 2.75) is 19.3 Å². The first kappa shape index (κ1) is 16.9. The van der Waals surface area contributed by atoms with E-state index in [9.17, 15) is 0 Å². The predicted molar refractivity (Wildman–Crippen MR) is 117 cm³/mol. The van der Waals surface area contributed by atoms with Crippen molar-refractivity contribution in [3.05, 3.63) is 94.0 Å². The molecule has 5 rings (SSSR count). The Labute approximate surface area is 169 Å². The van der Waals surface area contributed by atoms with Gasteiger partial charge in [0, 0.05) is 15.5 Å². The van der Waals surface area contributed by atoms with E-state index in [-0.39, 0.29) is 5.41 Å². The average Bonchev–Trinajstić information content (AvgIpc) is 2.88. The monoisotopic (exact) mass is 388 g/mol. The molecular weight excluding hydrogens is 371 g/mol. The fourth-order valence-corrected chi connectivity index (χ4v) is 4.95. The molecule has 0 bridgehead atoms. The maximum atomic E-state index is 6.24. The van der Waals surface area contributed by atoms with Crippen molar-refractivity contribution in [1.29, 1.82) is 0 Å².